The molecule has 1 aliphatic rings. The molecule has 0 N–H and O–H groups in total. The SMILES string of the molecule is COc1ccc([C@@H]2C[C@H]2COC(=O)c2cncc(Cl)c2)cc1. The molecular weight excluding hydrogens is 302 g/mol. The zero-order valence-electron chi connectivity index (χ0n) is 12.2. The molecule has 0 amide bonds. The van der Waals surface area contributed by atoms with Crippen molar-refractivity contribution in [1.29, 1.82) is 0 Å². The van der Waals surface area contributed by atoms with Gasteiger partial charge in [-0.1, -0.05) is 23.7 Å². The second kappa shape index (κ2) is 6.36. The summed E-state index contributed by atoms with van der Waals surface area (Å²) < 4.78 is 10.5. The van der Waals surface area contributed by atoms with Gasteiger partial charge in [0.1, 0.15) is 5.75 Å². The van der Waals surface area contributed by atoms with Gasteiger partial charge < -0.3 is 9.47 Å². The second-order valence-corrected chi connectivity index (χ2v) is 5.80. The van der Waals surface area contributed by atoms with E-state index in [1.165, 1.54) is 18.0 Å². The highest BCUT2D eigenvalue weighted by Crippen LogP contribution is 2.47. The molecule has 0 saturated heterocycles. The van der Waals surface area contributed by atoms with Gasteiger partial charge in [0.25, 0.3) is 0 Å². The summed E-state index contributed by atoms with van der Waals surface area (Å²) >= 11 is 5.81. The Hall–Kier alpha value is -2.07. The van der Waals surface area contributed by atoms with Crippen molar-refractivity contribution in [3.63, 3.8) is 0 Å². The van der Waals surface area contributed by atoms with Crippen LogP contribution in [-0.4, -0.2) is 24.7 Å². The predicted molar refractivity (Wildman–Crippen MR) is 83.4 cm³/mol. The Bertz CT molecular complexity index is 672. The molecule has 22 heavy (non-hydrogen) atoms. The summed E-state index contributed by atoms with van der Waals surface area (Å²) in [6.45, 7) is 0.419. The number of nitrogens with zero attached hydrogens (tertiary/aromatic N) is 1. The summed E-state index contributed by atoms with van der Waals surface area (Å²) in [6, 6.07) is 9.59. The third kappa shape index (κ3) is 3.39. The van der Waals surface area contributed by atoms with Crippen LogP contribution in [0.1, 0.15) is 28.3 Å². The summed E-state index contributed by atoms with van der Waals surface area (Å²) in [5, 5.41) is 0.428. The highest BCUT2D eigenvalue weighted by Gasteiger charge is 2.39. The van der Waals surface area contributed by atoms with Crippen molar-refractivity contribution < 1.29 is 14.3 Å². The number of hydrogen-bond donors (Lipinski definition) is 0. The highest BCUT2D eigenvalue weighted by atomic mass is 35.5. The molecule has 0 spiro atoms. The number of hydrogen-bond acceptors (Lipinski definition) is 4. The van der Waals surface area contributed by atoms with Crippen LogP contribution in [0.3, 0.4) is 0 Å². The zero-order chi connectivity index (χ0) is 15.5. The molecule has 4 nitrogen and oxygen atoms in total. The molecule has 0 aliphatic heterocycles. The first-order chi connectivity index (χ1) is 10.7. The Balaban J connectivity index is 1.52. The molecule has 5 heteroatoms. The number of pyridine rings is 1. The minimum absolute atomic E-state index is 0.379. The first kappa shape index (κ1) is 14.9. The number of carbonyl (C=O) groups is 1. The molecule has 2 atom stereocenters. The van der Waals surface area contributed by atoms with E-state index in [4.69, 9.17) is 21.1 Å². The van der Waals surface area contributed by atoms with Crippen LogP contribution in [0.4, 0.5) is 0 Å². The second-order valence-electron chi connectivity index (χ2n) is 5.37. The van der Waals surface area contributed by atoms with E-state index in [2.05, 4.69) is 17.1 Å². The standard InChI is InChI=1S/C17H16ClNO3/c1-21-15-4-2-11(3-5-15)16-7-13(16)10-22-17(20)12-6-14(18)9-19-8-12/h2-6,8-9,13,16H,7,10H2,1H3/t13-,16-/m0/s1. The van der Waals surface area contributed by atoms with Crippen molar-refractivity contribution in [2.45, 2.75) is 12.3 Å². The van der Waals surface area contributed by atoms with E-state index >= 15 is 0 Å². The lowest BCUT2D eigenvalue weighted by Gasteiger charge is -2.05. The quantitative estimate of drug-likeness (QED) is 0.789. The molecule has 1 heterocycles. The lowest BCUT2D eigenvalue weighted by Crippen LogP contribution is -2.08. The Labute approximate surface area is 134 Å². The monoisotopic (exact) mass is 317 g/mol. The van der Waals surface area contributed by atoms with Crippen LogP contribution >= 0.6 is 11.6 Å². The maximum atomic E-state index is 11.9. The third-order valence-corrected chi connectivity index (χ3v) is 4.04. The number of benzene rings is 1. The largest absolute Gasteiger partial charge is 0.497 e. The van der Waals surface area contributed by atoms with E-state index in [-0.39, 0.29) is 5.97 Å². The maximum Gasteiger partial charge on any atom is 0.339 e. The number of carbonyl (C=O) groups excluding carboxylic acids is 1. The number of halogens is 1. The summed E-state index contributed by atoms with van der Waals surface area (Å²) in [4.78, 5) is 15.8. The van der Waals surface area contributed by atoms with Crippen LogP contribution < -0.4 is 4.74 Å². The van der Waals surface area contributed by atoms with Crippen molar-refractivity contribution in [2.24, 2.45) is 5.92 Å². The van der Waals surface area contributed by atoms with Gasteiger partial charge in [0.15, 0.2) is 0 Å². The van der Waals surface area contributed by atoms with Gasteiger partial charge in [-0.3, -0.25) is 4.98 Å². The van der Waals surface area contributed by atoms with Crippen LogP contribution in [-0.2, 0) is 4.74 Å². The maximum absolute atomic E-state index is 11.9. The number of ether oxygens (including phenoxy) is 2. The van der Waals surface area contributed by atoms with Crippen LogP contribution in [0.15, 0.2) is 42.7 Å². The van der Waals surface area contributed by atoms with Crippen LogP contribution in [0.25, 0.3) is 0 Å². The molecule has 1 aromatic heterocycles. The zero-order valence-corrected chi connectivity index (χ0v) is 12.9. The minimum atomic E-state index is -0.379. The van der Waals surface area contributed by atoms with Gasteiger partial charge in [-0.25, -0.2) is 4.79 Å². The average molecular weight is 318 g/mol. The summed E-state index contributed by atoms with van der Waals surface area (Å²) in [6.07, 6.45) is 3.98. The van der Waals surface area contributed by atoms with Crippen molar-refractivity contribution in [3.8, 4) is 5.75 Å². The number of rotatable bonds is 5. The van der Waals surface area contributed by atoms with Crippen LogP contribution in [0.5, 0.6) is 5.75 Å². The van der Waals surface area contributed by atoms with Gasteiger partial charge in [-0.2, -0.15) is 0 Å². The summed E-state index contributed by atoms with van der Waals surface area (Å²) in [7, 11) is 1.65. The van der Waals surface area contributed by atoms with Crippen molar-refractivity contribution in [2.75, 3.05) is 13.7 Å². The highest BCUT2D eigenvalue weighted by molar-refractivity contribution is 6.30. The fraction of sp³-hybridized carbons (Fsp3) is 0.294. The van der Waals surface area contributed by atoms with Gasteiger partial charge in [-0.05, 0) is 36.1 Å². The fourth-order valence-electron chi connectivity index (χ4n) is 2.48. The Kier molecular flexibility index (Phi) is 4.29. The number of methoxy groups -OCH3 is 1. The van der Waals surface area contributed by atoms with Gasteiger partial charge in [0, 0.05) is 18.3 Å². The molecule has 114 valence electrons. The Morgan fingerprint density at radius 2 is 2.09 bits per heavy atom. The van der Waals surface area contributed by atoms with Crippen molar-refractivity contribution in [3.05, 3.63) is 58.9 Å². The van der Waals surface area contributed by atoms with Gasteiger partial charge in [0.2, 0.25) is 0 Å². The molecule has 0 unspecified atom stereocenters. The third-order valence-electron chi connectivity index (χ3n) is 3.84. The smallest absolute Gasteiger partial charge is 0.339 e. The predicted octanol–water partition coefficient (Wildman–Crippen LogP) is 3.70. The van der Waals surface area contributed by atoms with E-state index in [1.807, 2.05) is 12.1 Å². The molecule has 3 rings (SSSR count). The normalized spacial score (nSPS) is 19.5. The number of esters is 1. The van der Waals surface area contributed by atoms with Crippen molar-refractivity contribution in [1.82, 2.24) is 4.98 Å². The van der Waals surface area contributed by atoms with Crippen LogP contribution in [0, 0.1) is 5.92 Å². The summed E-state index contributed by atoms with van der Waals surface area (Å²) in [5.74, 6) is 1.30. The van der Waals surface area contributed by atoms with E-state index in [0.717, 1.165) is 12.2 Å². The van der Waals surface area contributed by atoms with Crippen LogP contribution in [0.2, 0.25) is 5.02 Å². The van der Waals surface area contributed by atoms with E-state index in [0.29, 0.717) is 29.0 Å². The topological polar surface area (TPSA) is 48.4 Å². The van der Waals surface area contributed by atoms with Crippen molar-refractivity contribution >= 4 is 17.6 Å². The molecule has 1 fully saturated rings. The fourth-order valence-corrected chi connectivity index (χ4v) is 2.65. The van der Waals surface area contributed by atoms with Gasteiger partial charge >= 0.3 is 5.97 Å². The molecular formula is C17H16ClNO3. The lowest BCUT2D eigenvalue weighted by molar-refractivity contribution is 0.0483. The van der Waals surface area contributed by atoms with E-state index in [9.17, 15) is 4.79 Å². The minimum Gasteiger partial charge on any atom is -0.497 e. The molecule has 1 saturated carbocycles. The lowest BCUT2D eigenvalue weighted by atomic mass is 10.1. The molecule has 1 aromatic carbocycles. The van der Waals surface area contributed by atoms with E-state index in [1.54, 1.807) is 13.2 Å². The van der Waals surface area contributed by atoms with Gasteiger partial charge in [0.05, 0.1) is 24.3 Å². The molecule has 0 radical (unpaired) electrons. The first-order valence-corrected chi connectivity index (χ1v) is 7.47. The summed E-state index contributed by atoms with van der Waals surface area (Å²) in [5.41, 5.74) is 1.64. The first-order valence-electron chi connectivity index (χ1n) is 7.09. The van der Waals surface area contributed by atoms with E-state index < -0.39 is 0 Å². The number of aromatic nitrogens is 1. The Morgan fingerprint density at radius 3 is 2.77 bits per heavy atom. The Morgan fingerprint density at radius 1 is 1.32 bits per heavy atom. The van der Waals surface area contributed by atoms with Gasteiger partial charge in [-0.15, -0.1) is 0 Å². The molecule has 2 aromatic rings. The molecule has 1 aliphatic carbocycles. The average Bonchev–Trinajstić information content (AvgIpc) is 3.32. The molecule has 0 bridgehead atoms.